The summed E-state index contributed by atoms with van der Waals surface area (Å²) in [5.74, 6) is -0.652. The van der Waals surface area contributed by atoms with E-state index in [2.05, 4.69) is 5.10 Å². The highest BCUT2D eigenvalue weighted by molar-refractivity contribution is 5.89. The van der Waals surface area contributed by atoms with Gasteiger partial charge in [0.2, 0.25) is 5.43 Å². The molecular formula is C22H23N3O4. The molecule has 2 heterocycles. The van der Waals surface area contributed by atoms with E-state index in [-0.39, 0.29) is 12.2 Å². The third-order valence-corrected chi connectivity index (χ3v) is 5.21. The standard InChI is InChI=1S/C22H23N3O4/c1-2-29-22(28)17-14-24(18-5-3-6-19(26)20(18)21(17)27)13-15-7-9-16(10-8-15)25-12-4-11-23-25/h4,7-12,14,19,26H,2-3,5-6,13H2,1H3. The molecule has 0 saturated carbocycles. The Morgan fingerprint density at radius 3 is 2.79 bits per heavy atom. The average Bonchev–Trinajstić information content (AvgIpc) is 3.25. The van der Waals surface area contributed by atoms with Crippen LogP contribution in [-0.2, 0) is 17.7 Å². The van der Waals surface area contributed by atoms with Gasteiger partial charge in [0, 0.05) is 36.4 Å². The lowest BCUT2D eigenvalue weighted by atomic mass is 9.91. The minimum atomic E-state index is -0.853. The number of aliphatic hydroxyl groups excluding tert-OH is 1. The van der Waals surface area contributed by atoms with Gasteiger partial charge in [0.05, 0.1) is 18.4 Å². The molecule has 2 aromatic heterocycles. The molecular weight excluding hydrogens is 370 g/mol. The molecule has 1 aromatic carbocycles. The number of carbonyl (C=O) groups excluding carboxylic acids is 1. The summed E-state index contributed by atoms with van der Waals surface area (Å²) in [5, 5.41) is 14.7. The molecule has 7 nitrogen and oxygen atoms in total. The zero-order valence-corrected chi connectivity index (χ0v) is 16.2. The van der Waals surface area contributed by atoms with Gasteiger partial charge in [0.25, 0.3) is 0 Å². The Morgan fingerprint density at radius 1 is 1.31 bits per heavy atom. The zero-order chi connectivity index (χ0) is 20.4. The van der Waals surface area contributed by atoms with E-state index in [1.165, 1.54) is 0 Å². The van der Waals surface area contributed by atoms with Gasteiger partial charge in [-0.3, -0.25) is 4.79 Å². The van der Waals surface area contributed by atoms with Crippen molar-refractivity contribution in [3.05, 3.63) is 81.5 Å². The Balaban J connectivity index is 1.72. The zero-order valence-electron chi connectivity index (χ0n) is 16.2. The monoisotopic (exact) mass is 393 g/mol. The van der Waals surface area contributed by atoms with Gasteiger partial charge in [0.1, 0.15) is 5.56 Å². The summed E-state index contributed by atoms with van der Waals surface area (Å²) in [6.45, 7) is 2.37. The van der Waals surface area contributed by atoms with E-state index < -0.39 is 17.5 Å². The molecule has 0 aliphatic heterocycles. The maximum absolute atomic E-state index is 12.8. The molecule has 0 saturated heterocycles. The molecule has 1 aliphatic carbocycles. The SMILES string of the molecule is CCOC(=O)c1cn(Cc2ccc(-n3cccn3)cc2)c2c(c1=O)C(O)CCC2. The van der Waals surface area contributed by atoms with Crippen molar-refractivity contribution < 1.29 is 14.6 Å². The number of hydrogen-bond donors (Lipinski definition) is 1. The Kier molecular flexibility index (Phi) is 5.31. The first-order valence-electron chi connectivity index (χ1n) is 9.79. The Morgan fingerprint density at radius 2 is 2.10 bits per heavy atom. The number of carbonyl (C=O) groups is 1. The number of hydrogen-bond acceptors (Lipinski definition) is 5. The lowest BCUT2D eigenvalue weighted by molar-refractivity contribution is 0.0523. The lowest BCUT2D eigenvalue weighted by Crippen LogP contribution is -2.30. The van der Waals surface area contributed by atoms with Crippen LogP contribution in [0.3, 0.4) is 0 Å². The molecule has 1 unspecified atom stereocenters. The van der Waals surface area contributed by atoms with Gasteiger partial charge in [0.15, 0.2) is 0 Å². The van der Waals surface area contributed by atoms with Crippen LogP contribution >= 0.6 is 0 Å². The molecule has 0 amide bonds. The first kappa shape index (κ1) is 19.1. The van der Waals surface area contributed by atoms with Gasteiger partial charge in [-0.1, -0.05) is 12.1 Å². The van der Waals surface area contributed by atoms with E-state index in [9.17, 15) is 14.7 Å². The molecule has 1 N–H and O–H groups in total. The number of rotatable bonds is 5. The average molecular weight is 393 g/mol. The maximum atomic E-state index is 12.8. The van der Waals surface area contributed by atoms with E-state index in [1.807, 2.05) is 41.1 Å². The summed E-state index contributed by atoms with van der Waals surface area (Å²) >= 11 is 0. The van der Waals surface area contributed by atoms with Gasteiger partial charge in [-0.2, -0.15) is 5.10 Å². The van der Waals surface area contributed by atoms with Gasteiger partial charge >= 0.3 is 5.97 Å². The fourth-order valence-electron chi connectivity index (χ4n) is 3.82. The van der Waals surface area contributed by atoms with Crippen molar-refractivity contribution in [3.8, 4) is 5.69 Å². The number of nitrogens with zero attached hydrogens (tertiary/aromatic N) is 3. The number of benzene rings is 1. The molecule has 0 bridgehead atoms. The molecule has 150 valence electrons. The number of aromatic nitrogens is 3. The van der Waals surface area contributed by atoms with Crippen LogP contribution in [0.2, 0.25) is 0 Å². The number of fused-ring (bicyclic) bond motifs is 1. The number of esters is 1. The normalized spacial score (nSPS) is 15.7. The topological polar surface area (TPSA) is 86.4 Å². The number of aliphatic hydroxyl groups is 1. The largest absolute Gasteiger partial charge is 0.462 e. The third kappa shape index (κ3) is 3.73. The predicted octanol–water partition coefficient (Wildman–Crippen LogP) is 2.63. The fourth-order valence-corrected chi connectivity index (χ4v) is 3.82. The predicted molar refractivity (Wildman–Crippen MR) is 107 cm³/mol. The molecule has 4 rings (SSSR count). The van der Waals surface area contributed by atoms with Gasteiger partial charge in [-0.25, -0.2) is 9.48 Å². The Labute approximate surface area is 168 Å². The van der Waals surface area contributed by atoms with E-state index >= 15 is 0 Å². The van der Waals surface area contributed by atoms with Crippen molar-refractivity contribution in [1.82, 2.24) is 14.3 Å². The molecule has 0 radical (unpaired) electrons. The van der Waals surface area contributed by atoms with Crippen molar-refractivity contribution in [2.45, 2.75) is 38.8 Å². The highest BCUT2D eigenvalue weighted by Crippen LogP contribution is 2.28. The molecule has 0 spiro atoms. The first-order valence-corrected chi connectivity index (χ1v) is 9.79. The Hall–Kier alpha value is -3.19. The summed E-state index contributed by atoms with van der Waals surface area (Å²) in [7, 11) is 0. The van der Waals surface area contributed by atoms with Crippen LogP contribution in [-0.4, -0.2) is 32.0 Å². The van der Waals surface area contributed by atoms with Crippen LogP contribution in [0.1, 0.15) is 53.0 Å². The second kappa shape index (κ2) is 8.05. The van der Waals surface area contributed by atoms with E-state index in [1.54, 1.807) is 24.0 Å². The van der Waals surface area contributed by atoms with Crippen LogP contribution in [0.4, 0.5) is 0 Å². The number of ether oxygens (including phenoxy) is 1. The molecule has 1 aliphatic rings. The maximum Gasteiger partial charge on any atom is 0.343 e. The van der Waals surface area contributed by atoms with Gasteiger partial charge < -0.3 is 14.4 Å². The van der Waals surface area contributed by atoms with Crippen LogP contribution in [0.15, 0.2) is 53.7 Å². The third-order valence-electron chi connectivity index (χ3n) is 5.21. The second-order valence-electron chi connectivity index (χ2n) is 7.11. The molecule has 3 aromatic rings. The summed E-state index contributed by atoms with van der Waals surface area (Å²) in [6, 6.07) is 9.79. The Bertz CT molecular complexity index is 1070. The fraction of sp³-hybridized carbons (Fsp3) is 0.318. The van der Waals surface area contributed by atoms with Crippen LogP contribution < -0.4 is 5.43 Å². The van der Waals surface area contributed by atoms with E-state index in [0.717, 1.165) is 23.4 Å². The van der Waals surface area contributed by atoms with Crippen molar-refractivity contribution in [2.75, 3.05) is 6.61 Å². The molecule has 29 heavy (non-hydrogen) atoms. The van der Waals surface area contributed by atoms with Crippen molar-refractivity contribution in [1.29, 1.82) is 0 Å². The van der Waals surface area contributed by atoms with Crippen LogP contribution in [0, 0.1) is 0 Å². The molecule has 0 fully saturated rings. The minimum Gasteiger partial charge on any atom is -0.462 e. The van der Waals surface area contributed by atoms with Crippen LogP contribution in [0.25, 0.3) is 5.69 Å². The second-order valence-corrected chi connectivity index (χ2v) is 7.11. The molecule has 1 atom stereocenters. The van der Waals surface area contributed by atoms with Crippen LogP contribution in [0.5, 0.6) is 0 Å². The van der Waals surface area contributed by atoms with Crippen molar-refractivity contribution >= 4 is 5.97 Å². The summed E-state index contributed by atoms with van der Waals surface area (Å²) < 4.78 is 8.73. The highest BCUT2D eigenvalue weighted by atomic mass is 16.5. The lowest BCUT2D eigenvalue weighted by Gasteiger charge is -2.25. The van der Waals surface area contributed by atoms with Gasteiger partial charge in [-0.05, 0) is 49.9 Å². The summed E-state index contributed by atoms with van der Waals surface area (Å²) in [4.78, 5) is 25.1. The van der Waals surface area contributed by atoms with Gasteiger partial charge in [-0.15, -0.1) is 0 Å². The number of pyridine rings is 1. The highest BCUT2D eigenvalue weighted by Gasteiger charge is 2.27. The summed E-state index contributed by atoms with van der Waals surface area (Å²) in [5.41, 5.74) is 2.63. The van der Waals surface area contributed by atoms with Crippen molar-refractivity contribution in [2.24, 2.45) is 0 Å². The van der Waals surface area contributed by atoms with E-state index in [0.29, 0.717) is 24.9 Å². The smallest absolute Gasteiger partial charge is 0.343 e. The quantitative estimate of drug-likeness (QED) is 0.674. The first-order chi connectivity index (χ1) is 14.1. The van der Waals surface area contributed by atoms with Crippen molar-refractivity contribution in [3.63, 3.8) is 0 Å². The molecule has 7 heteroatoms. The van der Waals surface area contributed by atoms with E-state index in [4.69, 9.17) is 4.74 Å². The minimum absolute atomic E-state index is 0.0280. The summed E-state index contributed by atoms with van der Waals surface area (Å²) in [6.07, 6.45) is 6.32.